The van der Waals surface area contributed by atoms with Gasteiger partial charge in [0.2, 0.25) is 5.91 Å². The molecule has 0 aromatic heterocycles. The summed E-state index contributed by atoms with van der Waals surface area (Å²) >= 11 is 0. The molecule has 0 saturated heterocycles. The Bertz CT molecular complexity index is 665. The van der Waals surface area contributed by atoms with Crippen LogP contribution in [0.3, 0.4) is 0 Å². The van der Waals surface area contributed by atoms with E-state index in [0.717, 1.165) is 90.0 Å². The fourth-order valence-corrected chi connectivity index (χ4v) is 4.09. The van der Waals surface area contributed by atoms with Crippen molar-refractivity contribution in [3.05, 3.63) is 0 Å². The minimum absolute atomic E-state index is 0. The molecule has 10 nitrogen and oxygen atoms in total. The summed E-state index contributed by atoms with van der Waals surface area (Å²) in [4.78, 5) is 56.5. The largest absolute Gasteiger partial charge is 1.00 e. The first-order valence-electron chi connectivity index (χ1n) is 13.9. The Balaban J connectivity index is -0.00000648. The van der Waals surface area contributed by atoms with Crippen molar-refractivity contribution in [2.24, 2.45) is 0 Å². The molecule has 0 aliphatic carbocycles. The fourth-order valence-electron chi connectivity index (χ4n) is 3.74. The number of carbonyl (C=O) groups excluding carboxylic acids is 3. The van der Waals surface area contributed by atoms with E-state index in [-0.39, 0.29) is 84.5 Å². The standard InChI is InChI=1S/C26H50NO9P.2Na/c1-3-4-5-6-12-16-19-26(30)36-24(22-35-37(31,32)33)21-34-25(29)18-15-13-10-8-7-9-11-14-17-20-27-23(2)28;;/h24H,3-22H2,1-2H3,(H,27,28)(H2,31,32,33);;/q;2*+1/p-2/t24-;;/m0../s1. The average Bonchev–Trinajstić information content (AvgIpc) is 2.83. The Morgan fingerprint density at radius 3 is 1.67 bits per heavy atom. The number of esters is 2. The minimum atomic E-state index is -5.24. The van der Waals surface area contributed by atoms with E-state index in [9.17, 15) is 28.7 Å². The van der Waals surface area contributed by atoms with E-state index in [1.165, 1.54) is 6.92 Å². The Hall–Kier alpha value is 0.520. The van der Waals surface area contributed by atoms with E-state index in [2.05, 4.69) is 16.8 Å². The van der Waals surface area contributed by atoms with Gasteiger partial charge in [-0.15, -0.1) is 0 Å². The van der Waals surface area contributed by atoms with Gasteiger partial charge in [0.1, 0.15) is 6.61 Å². The van der Waals surface area contributed by atoms with Gasteiger partial charge in [0.05, 0.1) is 14.4 Å². The Morgan fingerprint density at radius 2 is 1.18 bits per heavy atom. The van der Waals surface area contributed by atoms with Crippen LogP contribution < -0.4 is 74.2 Å². The van der Waals surface area contributed by atoms with Crippen molar-refractivity contribution in [2.75, 3.05) is 19.8 Å². The van der Waals surface area contributed by atoms with Crippen LogP contribution in [-0.2, 0) is 32.9 Å². The van der Waals surface area contributed by atoms with Crippen molar-refractivity contribution < 1.29 is 102 Å². The maximum absolute atomic E-state index is 12.1. The first-order valence-corrected chi connectivity index (χ1v) is 15.4. The van der Waals surface area contributed by atoms with Gasteiger partial charge in [0.15, 0.2) is 6.10 Å². The Kier molecular flexibility index (Phi) is 33.8. The van der Waals surface area contributed by atoms with E-state index in [1.54, 1.807) is 0 Å². The summed E-state index contributed by atoms with van der Waals surface area (Å²) in [6.45, 7) is 3.35. The Morgan fingerprint density at radius 1 is 0.718 bits per heavy atom. The van der Waals surface area contributed by atoms with Crippen molar-refractivity contribution in [3.63, 3.8) is 0 Å². The first kappa shape index (κ1) is 44.0. The second-order valence-corrected chi connectivity index (χ2v) is 10.6. The SMILES string of the molecule is CCCCCCCCC(=O)O[C@@H](COC(=O)CCCCCCCCCCCNC(C)=O)COP(=O)([O-])[O-].[Na+].[Na+]. The second-order valence-electron chi connectivity index (χ2n) is 9.47. The molecule has 0 rings (SSSR count). The van der Waals surface area contributed by atoms with E-state index in [4.69, 9.17) is 9.47 Å². The molecule has 218 valence electrons. The van der Waals surface area contributed by atoms with Crippen LogP contribution in [0.25, 0.3) is 0 Å². The van der Waals surface area contributed by atoms with Crippen molar-refractivity contribution in [3.8, 4) is 0 Å². The van der Waals surface area contributed by atoms with Crippen molar-refractivity contribution in [2.45, 2.75) is 129 Å². The molecular formula is C26H48NNa2O9P. The normalized spacial score (nSPS) is 11.6. The predicted octanol–water partition coefficient (Wildman–Crippen LogP) is -1.92. The van der Waals surface area contributed by atoms with Gasteiger partial charge in [-0.25, -0.2) is 0 Å². The van der Waals surface area contributed by atoms with E-state index in [0.29, 0.717) is 12.8 Å². The van der Waals surface area contributed by atoms with Gasteiger partial charge in [-0.2, -0.15) is 0 Å². The molecule has 0 aliphatic heterocycles. The van der Waals surface area contributed by atoms with Gasteiger partial charge in [-0.05, 0) is 19.3 Å². The smallest absolute Gasteiger partial charge is 0.790 e. The zero-order valence-electron chi connectivity index (χ0n) is 24.8. The Labute approximate surface area is 279 Å². The fraction of sp³-hybridized carbons (Fsp3) is 0.885. The van der Waals surface area contributed by atoms with Crippen molar-refractivity contribution >= 4 is 25.7 Å². The van der Waals surface area contributed by atoms with Crippen LogP contribution >= 0.6 is 7.82 Å². The molecule has 0 saturated carbocycles. The number of phosphoric acid groups is 1. The van der Waals surface area contributed by atoms with Gasteiger partial charge in [0, 0.05) is 26.3 Å². The molecule has 13 heteroatoms. The second kappa shape index (κ2) is 30.0. The van der Waals surface area contributed by atoms with E-state index < -0.39 is 32.5 Å². The summed E-state index contributed by atoms with van der Waals surface area (Å²) in [5.74, 6) is -1.00. The number of hydrogen-bond donors (Lipinski definition) is 1. The third kappa shape index (κ3) is 34.6. The predicted molar refractivity (Wildman–Crippen MR) is 137 cm³/mol. The van der Waals surface area contributed by atoms with Crippen LogP contribution in [0.1, 0.15) is 123 Å². The molecular weight excluding hydrogens is 547 g/mol. The van der Waals surface area contributed by atoms with Crippen LogP contribution in [0.4, 0.5) is 0 Å². The average molecular weight is 596 g/mol. The molecule has 0 aromatic carbocycles. The van der Waals surface area contributed by atoms with E-state index in [1.807, 2.05) is 0 Å². The quantitative estimate of drug-likeness (QED) is 0.0551. The number of phosphoric ester groups is 1. The van der Waals surface area contributed by atoms with Gasteiger partial charge in [-0.3, -0.25) is 14.4 Å². The maximum atomic E-state index is 12.1. The summed E-state index contributed by atoms with van der Waals surface area (Å²) in [6.07, 6.45) is 14.4. The summed E-state index contributed by atoms with van der Waals surface area (Å²) in [6, 6.07) is 0. The maximum Gasteiger partial charge on any atom is 1.00 e. The number of amides is 1. The van der Waals surface area contributed by atoms with Crippen LogP contribution in [0.15, 0.2) is 0 Å². The first-order chi connectivity index (χ1) is 17.6. The van der Waals surface area contributed by atoms with Crippen LogP contribution in [0, 0.1) is 0 Å². The molecule has 0 spiro atoms. The minimum Gasteiger partial charge on any atom is -0.790 e. The molecule has 0 radical (unpaired) electrons. The zero-order valence-corrected chi connectivity index (χ0v) is 29.7. The molecule has 0 aliphatic rings. The van der Waals surface area contributed by atoms with Crippen LogP contribution in [-0.4, -0.2) is 43.7 Å². The third-order valence-corrected chi connectivity index (χ3v) is 6.28. The molecule has 0 bridgehead atoms. The molecule has 0 unspecified atom stereocenters. The molecule has 0 fully saturated rings. The number of carbonyl (C=O) groups is 3. The zero-order chi connectivity index (χ0) is 27.8. The summed E-state index contributed by atoms with van der Waals surface area (Å²) in [5, 5.41) is 2.79. The summed E-state index contributed by atoms with van der Waals surface area (Å²) < 4.78 is 25.3. The van der Waals surface area contributed by atoms with E-state index >= 15 is 0 Å². The van der Waals surface area contributed by atoms with Crippen LogP contribution in [0.2, 0.25) is 0 Å². The monoisotopic (exact) mass is 595 g/mol. The molecule has 1 amide bonds. The van der Waals surface area contributed by atoms with Gasteiger partial charge in [0.25, 0.3) is 0 Å². The molecule has 39 heavy (non-hydrogen) atoms. The molecule has 1 atom stereocenters. The summed E-state index contributed by atoms with van der Waals surface area (Å²) in [5.41, 5.74) is 0. The van der Waals surface area contributed by atoms with Crippen molar-refractivity contribution in [1.82, 2.24) is 5.32 Å². The number of ether oxygens (including phenoxy) is 2. The van der Waals surface area contributed by atoms with Crippen LogP contribution in [0.5, 0.6) is 0 Å². The number of nitrogens with one attached hydrogen (secondary N) is 1. The number of rotatable bonds is 25. The summed E-state index contributed by atoms with van der Waals surface area (Å²) in [7, 11) is -5.24. The number of unbranched alkanes of at least 4 members (excludes halogenated alkanes) is 13. The molecule has 0 heterocycles. The van der Waals surface area contributed by atoms with Gasteiger partial charge in [-0.1, -0.05) is 84.0 Å². The third-order valence-electron chi connectivity index (χ3n) is 5.81. The number of hydrogen-bond acceptors (Lipinski definition) is 9. The van der Waals surface area contributed by atoms with Crippen molar-refractivity contribution in [1.29, 1.82) is 0 Å². The topological polar surface area (TPSA) is 154 Å². The molecule has 0 aromatic rings. The van der Waals surface area contributed by atoms with Gasteiger partial charge >= 0.3 is 71.1 Å². The van der Waals surface area contributed by atoms with Gasteiger partial charge < -0.3 is 33.7 Å². The molecule has 1 N–H and O–H groups in total.